The highest BCUT2D eigenvalue weighted by molar-refractivity contribution is 5.71. The highest BCUT2D eigenvalue weighted by Gasteiger charge is 2.19. The monoisotopic (exact) mass is 847 g/mol. The molecule has 0 aromatic carbocycles. The van der Waals surface area contributed by atoms with Crippen LogP contribution in [0.25, 0.3) is 0 Å². The zero-order valence-corrected chi connectivity index (χ0v) is 40.5. The van der Waals surface area contributed by atoms with Gasteiger partial charge in [-0.15, -0.1) is 0 Å². The van der Waals surface area contributed by atoms with Gasteiger partial charge in [-0.3, -0.25) is 14.4 Å². The second kappa shape index (κ2) is 49.8. The molecule has 0 rings (SSSR count). The second-order valence-electron chi connectivity index (χ2n) is 18.2. The maximum atomic E-state index is 12.8. The minimum absolute atomic E-state index is 0.0672. The molecule has 0 spiro atoms. The Morgan fingerprint density at radius 1 is 0.317 bits per heavy atom. The van der Waals surface area contributed by atoms with Crippen LogP contribution in [0.3, 0.4) is 0 Å². The molecule has 0 fully saturated rings. The van der Waals surface area contributed by atoms with Crippen LogP contribution in [0.2, 0.25) is 0 Å². The summed E-state index contributed by atoms with van der Waals surface area (Å²) in [6.07, 6.45) is 54.8. The smallest absolute Gasteiger partial charge is 0.306 e. The lowest BCUT2D eigenvalue weighted by molar-refractivity contribution is -0.167. The van der Waals surface area contributed by atoms with Crippen LogP contribution in [0.15, 0.2) is 12.2 Å². The van der Waals surface area contributed by atoms with Crippen LogP contribution in [-0.4, -0.2) is 37.2 Å². The highest BCUT2D eigenvalue weighted by Crippen LogP contribution is 2.16. The van der Waals surface area contributed by atoms with Gasteiger partial charge in [0, 0.05) is 19.3 Å². The van der Waals surface area contributed by atoms with Crippen LogP contribution in [0.4, 0.5) is 0 Å². The summed E-state index contributed by atoms with van der Waals surface area (Å²) in [6, 6.07) is 0. The first-order chi connectivity index (χ1) is 29.5. The molecule has 354 valence electrons. The molecule has 0 saturated heterocycles. The van der Waals surface area contributed by atoms with Crippen LogP contribution in [0, 0.1) is 0 Å². The van der Waals surface area contributed by atoms with Crippen molar-refractivity contribution >= 4 is 17.9 Å². The summed E-state index contributed by atoms with van der Waals surface area (Å²) in [4.78, 5) is 38.0. The van der Waals surface area contributed by atoms with Crippen LogP contribution in [0.1, 0.15) is 297 Å². The number of allylic oxidation sites excluding steroid dienone is 2. The van der Waals surface area contributed by atoms with E-state index in [9.17, 15) is 14.4 Å². The summed E-state index contributed by atoms with van der Waals surface area (Å²) in [5.74, 6) is -0.858. The number of carbonyl (C=O) groups is 3. The Bertz CT molecular complexity index is 931. The van der Waals surface area contributed by atoms with E-state index < -0.39 is 6.10 Å². The number of ether oxygens (including phenoxy) is 3. The van der Waals surface area contributed by atoms with Gasteiger partial charge in [-0.05, 0) is 44.9 Å². The number of carbonyl (C=O) groups excluding carboxylic acids is 3. The second-order valence-corrected chi connectivity index (χ2v) is 18.2. The maximum absolute atomic E-state index is 12.8. The van der Waals surface area contributed by atoms with Gasteiger partial charge in [0.2, 0.25) is 0 Å². The Morgan fingerprint density at radius 2 is 0.550 bits per heavy atom. The molecule has 0 saturated carbocycles. The van der Waals surface area contributed by atoms with Crippen molar-refractivity contribution in [2.75, 3.05) is 13.2 Å². The Kier molecular flexibility index (Phi) is 48.3. The third kappa shape index (κ3) is 47.2. The topological polar surface area (TPSA) is 78.9 Å². The van der Waals surface area contributed by atoms with Crippen molar-refractivity contribution in [1.29, 1.82) is 0 Å². The van der Waals surface area contributed by atoms with Gasteiger partial charge in [0.05, 0.1) is 0 Å². The van der Waals surface area contributed by atoms with Crippen LogP contribution < -0.4 is 0 Å². The molecule has 0 aromatic rings. The van der Waals surface area contributed by atoms with Crippen molar-refractivity contribution in [2.24, 2.45) is 0 Å². The standard InChI is InChI=1S/C54H102O6/c1-4-7-10-13-16-19-22-24-26-28-29-32-35-38-41-44-47-53(56)59-50-51(49-58-52(55)46-43-40-37-34-31-21-18-15-12-9-6-3)60-54(57)48-45-42-39-36-33-30-27-25-23-20-17-14-11-8-5-2/h26,28,51H,4-25,27,29-50H2,1-3H3/b28-26-/t51-/m1/s1. The summed E-state index contributed by atoms with van der Waals surface area (Å²) in [5.41, 5.74) is 0. The average molecular weight is 847 g/mol. The van der Waals surface area contributed by atoms with Gasteiger partial charge in [-0.1, -0.05) is 245 Å². The molecule has 6 heteroatoms. The third-order valence-corrected chi connectivity index (χ3v) is 12.0. The van der Waals surface area contributed by atoms with E-state index >= 15 is 0 Å². The van der Waals surface area contributed by atoms with Crippen molar-refractivity contribution in [1.82, 2.24) is 0 Å². The molecule has 0 unspecified atom stereocenters. The number of unbranched alkanes of at least 4 members (excludes halogenated alkanes) is 36. The van der Waals surface area contributed by atoms with E-state index in [2.05, 4.69) is 32.9 Å². The van der Waals surface area contributed by atoms with E-state index in [-0.39, 0.29) is 31.1 Å². The number of hydrogen-bond acceptors (Lipinski definition) is 6. The Labute approximate surface area is 373 Å². The quantitative estimate of drug-likeness (QED) is 0.0263. The zero-order chi connectivity index (χ0) is 43.7. The molecule has 0 bridgehead atoms. The van der Waals surface area contributed by atoms with Crippen molar-refractivity contribution < 1.29 is 28.6 Å². The predicted molar refractivity (Wildman–Crippen MR) is 256 cm³/mol. The molecule has 0 heterocycles. The fraction of sp³-hybridized carbons (Fsp3) is 0.907. The van der Waals surface area contributed by atoms with E-state index in [1.807, 2.05) is 0 Å². The van der Waals surface area contributed by atoms with Gasteiger partial charge in [0.15, 0.2) is 6.10 Å². The van der Waals surface area contributed by atoms with Gasteiger partial charge in [-0.2, -0.15) is 0 Å². The molecule has 1 atom stereocenters. The largest absolute Gasteiger partial charge is 0.462 e. The molecule has 6 nitrogen and oxygen atoms in total. The number of hydrogen-bond donors (Lipinski definition) is 0. The molecule has 0 aromatic heterocycles. The van der Waals surface area contributed by atoms with Crippen molar-refractivity contribution in [3.05, 3.63) is 12.2 Å². The lowest BCUT2D eigenvalue weighted by Gasteiger charge is -2.18. The fourth-order valence-corrected chi connectivity index (χ4v) is 7.97. The summed E-state index contributed by atoms with van der Waals surface area (Å²) in [7, 11) is 0. The molecule has 0 N–H and O–H groups in total. The normalized spacial score (nSPS) is 12.0. The molecular weight excluding hydrogens is 745 g/mol. The summed E-state index contributed by atoms with van der Waals surface area (Å²) >= 11 is 0. The van der Waals surface area contributed by atoms with Crippen LogP contribution >= 0.6 is 0 Å². The molecule has 0 aliphatic carbocycles. The minimum Gasteiger partial charge on any atom is -0.462 e. The SMILES string of the molecule is CCCCCCCCC/C=C\CCCCCCCC(=O)OC[C@@H](COC(=O)CCCCCCCCCCCCC)OC(=O)CCCCCCCCCCCCCCCCC. The van der Waals surface area contributed by atoms with Gasteiger partial charge in [0.25, 0.3) is 0 Å². The molecule has 0 aliphatic heterocycles. The summed E-state index contributed by atoms with van der Waals surface area (Å²) in [6.45, 7) is 6.66. The Morgan fingerprint density at radius 3 is 0.833 bits per heavy atom. The van der Waals surface area contributed by atoms with Crippen molar-refractivity contribution in [2.45, 2.75) is 303 Å². The first-order valence-corrected chi connectivity index (χ1v) is 26.7. The lowest BCUT2D eigenvalue weighted by atomic mass is 10.0. The Balaban J connectivity index is 4.32. The molecular formula is C54H102O6. The third-order valence-electron chi connectivity index (χ3n) is 12.0. The minimum atomic E-state index is -0.766. The van der Waals surface area contributed by atoms with E-state index in [4.69, 9.17) is 14.2 Å². The van der Waals surface area contributed by atoms with E-state index in [0.717, 1.165) is 64.2 Å². The fourth-order valence-electron chi connectivity index (χ4n) is 7.97. The summed E-state index contributed by atoms with van der Waals surface area (Å²) < 4.78 is 16.8. The molecule has 0 amide bonds. The van der Waals surface area contributed by atoms with Gasteiger partial charge < -0.3 is 14.2 Å². The van der Waals surface area contributed by atoms with E-state index in [1.165, 1.54) is 193 Å². The first-order valence-electron chi connectivity index (χ1n) is 26.7. The Hall–Kier alpha value is -1.85. The molecule has 0 radical (unpaired) electrons. The summed E-state index contributed by atoms with van der Waals surface area (Å²) in [5, 5.41) is 0. The molecule has 60 heavy (non-hydrogen) atoms. The van der Waals surface area contributed by atoms with Crippen molar-refractivity contribution in [3.8, 4) is 0 Å². The molecule has 0 aliphatic rings. The van der Waals surface area contributed by atoms with E-state index in [1.54, 1.807) is 0 Å². The van der Waals surface area contributed by atoms with Gasteiger partial charge in [0.1, 0.15) is 13.2 Å². The van der Waals surface area contributed by atoms with Gasteiger partial charge >= 0.3 is 17.9 Å². The zero-order valence-electron chi connectivity index (χ0n) is 40.5. The van der Waals surface area contributed by atoms with E-state index in [0.29, 0.717) is 19.3 Å². The number of rotatable bonds is 49. The predicted octanol–water partition coefficient (Wildman–Crippen LogP) is 17.4. The average Bonchev–Trinajstić information content (AvgIpc) is 3.24. The maximum Gasteiger partial charge on any atom is 0.306 e. The van der Waals surface area contributed by atoms with Gasteiger partial charge in [-0.25, -0.2) is 0 Å². The van der Waals surface area contributed by atoms with Crippen molar-refractivity contribution in [3.63, 3.8) is 0 Å². The first kappa shape index (κ1) is 58.1. The lowest BCUT2D eigenvalue weighted by Crippen LogP contribution is -2.30. The van der Waals surface area contributed by atoms with Crippen LogP contribution in [-0.2, 0) is 28.6 Å². The highest BCUT2D eigenvalue weighted by atomic mass is 16.6. The number of esters is 3. The van der Waals surface area contributed by atoms with Crippen LogP contribution in [0.5, 0.6) is 0 Å².